The van der Waals surface area contributed by atoms with Crippen molar-refractivity contribution in [3.05, 3.63) is 0 Å². The molecule has 0 aromatic heterocycles. The maximum Gasteiger partial charge on any atom is 0.219 e. The summed E-state index contributed by atoms with van der Waals surface area (Å²) >= 11 is 4.63. The van der Waals surface area contributed by atoms with E-state index in [0.29, 0.717) is 11.5 Å². The number of rotatable bonds is 1. The van der Waals surface area contributed by atoms with Gasteiger partial charge in [0.1, 0.15) is 0 Å². The van der Waals surface area contributed by atoms with Gasteiger partial charge in [0, 0.05) is 41.8 Å². The minimum atomic E-state index is 0.0926. The minimum absolute atomic E-state index is 0.0926. The molecule has 92 valence electrons. The molecule has 0 fully saturated rings. The number of nitrogens with one attached hydrogen (secondary N) is 3. The van der Waals surface area contributed by atoms with E-state index in [9.17, 15) is 4.79 Å². The Bertz CT molecular complexity index is 126. The van der Waals surface area contributed by atoms with Gasteiger partial charge in [-0.2, -0.15) is 0 Å². The molecular weight excluding hydrogens is 214 g/mol. The number of hydrogen-bond donors (Lipinski definition) is 3. The largest absolute Gasteiger partial charge is 0.388 e. The lowest BCUT2D eigenvalue weighted by Crippen LogP contribution is -2.28. The smallest absolute Gasteiger partial charge is 0.219 e. The van der Waals surface area contributed by atoms with E-state index in [1.54, 1.807) is 35.4 Å². The summed E-state index contributed by atoms with van der Waals surface area (Å²) in [5.74, 6) is 0.0926. The molecule has 0 heterocycles. The zero-order valence-electron chi connectivity index (χ0n) is 10.4. The number of amides is 1. The summed E-state index contributed by atoms with van der Waals surface area (Å²) in [6.45, 7) is 1.82. The number of hydrogen-bond acceptors (Lipinski definition) is 3. The molecule has 6 heteroatoms. The highest BCUT2D eigenvalue weighted by molar-refractivity contribution is 7.80. The van der Waals surface area contributed by atoms with E-state index in [4.69, 9.17) is 0 Å². The minimum Gasteiger partial charge on any atom is -0.388 e. The summed E-state index contributed by atoms with van der Waals surface area (Å²) in [6.07, 6.45) is 0.580. The van der Waals surface area contributed by atoms with E-state index in [2.05, 4.69) is 32.9 Å². The van der Waals surface area contributed by atoms with Crippen LogP contribution in [0, 0.1) is 0 Å². The molecule has 1 amide bonds. The van der Waals surface area contributed by atoms with Crippen LogP contribution in [-0.4, -0.2) is 46.4 Å². The molecule has 0 spiro atoms. The Hall–Kier alpha value is -0.880. The normalized spacial score (nSPS) is 7.07. The Balaban J connectivity index is -0.000000153. The van der Waals surface area contributed by atoms with Gasteiger partial charge in [-0.3, -0.25) is 4.79 Å². The van der Waals surface area contributed by atoms with Crippen molar-refractivity contribution in [3.63, 3.8) is 0 Å². The fraction of sp³-hybridized carbons (Fsp3) is 0.778. The first-order valence-electron chi connectivity index (χ1n) is 4.54. The Morgan fingerprint density at radius 3 is 1.47 bits per heavy atom. The average Bonchev–Trinajstić information content (AvgIpc) is 2.28. The predicted molar refractivity (Wildman–Crippen MR) is 68.0 cm³/mol. The Morgan fingerprint density at radius 1 is 1.13 bits per heavy atom. The third-order valence-corrected chi connectivity index (χ3v) is 1.46. The molecule has 0 saturated heterocycles. The van der Waals surface area contributed by atoms with Gasteiger partial charge in [0.2, 0.25) is 5.91 Å². The highest BCUT2D eigenvalue weighted by Crippen LogP contribution is 1.68. The van der Waals surface area contributed by atoms with Crippen molar-refractivity contribution in [2.45, 2.75) is 13.3 Å². The quantitative estimate of drug-likeness (QED) is 0.565. The van der Waals surface area contributed by atoms with Gasteiger partial charge >= 0.3 is 0 Å². The van der Waals surface area contributed by atoms with E-state index in [1.165, 1.54) is 0 Å². The van der Waals surface area contributed by atoms with Crippen LogP contribution >= 0.6 is 12.2 Å². The molecule has 0 aromatic carbocycles. The lowest BCUT2D eigenvalue weighted by Gasteiger charge is -1.95. The molecule has 0 atom stereocenters. The molecule has 3 N–H and O–H groups in total. The van der Waals surface area contributed by atoms with Crippen LogP contribution in [0.1, 0.15) is 13.3 Å². The first-order valence-corrected chi connectivity index (χ1v) is 4.94. The summed E-state index contributed by atoms with van der Waals surface area (Å²) in [6, 6.07) is 0. The number of ether oxygens (including phenoxy) is 1. The van der Waals surface area contributed by atoms with Gasteiger partial charge in [-0.1, -0.05) is 6.92 Å². The third kappa shape index (κ3) is 32.0. The van der Waals surface area contributed by atoms with Gasteiger partial charge in [-0.25, -0.2) is 0 Å². The molecule has 0 saturated carbocycles. The SMILES string of the molecule is CCC(=O)NC.CNC(=S)NC.COC. The first kappa shape index (κ1) is 19.7. The number of thiocarbonyl (C=S) groups is 1. The summed E-state index contributed by atoms with van der Waals surface area (Å²) in [4.78, 5) is 10.1. The second-order valence-electron chi connectivity index (χ2n) is 2.26. The maximum absolute atomic E-state index is 10.1. The zero-order chi connectivity index (χ0) is 12.7. The van der Waals surface area contributed by atoms with Crippen LogP contribution in [0.15, 0.2) is 0 Å². The van der Waals surface area contributed by atoms with E-state index < -0.39 is 0 Å². The highest BCUT2D eigenvalue weighted by atomic mass is 32.1. The van der Waals surface area contributed by atoms with Crippen LogP contribution < -0.4 is 16.0 Å². The fourth-order valence-corrected chi connectivity index (χ4v) is 0.302. The standard InChI is InChI=1S/C4H9NO.C3H8N2S.C2H6O/c1-3-4(6)5-2;1-4-3(6)5-2;1-3-2/h3H2,1-2H3,(H,5,6);1-2H3,(H2,4,5,6);1-2H3. The first-order chi connectivity index (χ1) is 7.03. The molecule has 5 nitrogen and oxygen atoms in total. The molecule has 0 aliphatic rings. The van der Waals surface area contributed by atoms with Crippen LogP contribution in [0.5, 0.6) is 0 Å². The van der Waals surface area contributed by atoms with Gasteiger partial charge in [0.15, 0.2) is 5.11 Å². The van der Waals surface area contributed by atoms with Crippen molar-refractivity contribution in [2.24, 2.45) is 0 Å². The molecule has 0 bridgehead atoms. The van der Waals surface area contributed by atoms with Gasteiger partial charge in [-0.05, 0) is 12.2 Å². The lowest BCUT2D eigenvalue weighted by atomic mass is 10.5. The molecule has 15 heavy (non-hydrogen) atoms. The summed E-state index contributed by atoms with van der Waals surface area (Å²) in [7, 11) is 8.43. The Kier molecular flexibility index (Phi) is 24.7. The van der Waals surface area contributed by atoms with Crippen molar-refractivity contribution in [3.8, 4) is 0 Å². The van der Waals surface area contributed by atoms with E-state index >= 15 is 0 Å². The lowest BCUT2D eigenvalue weighted by molar-refractivity contribution is -0.120. The van der Waals surface area contributed by atoms with Gasteiger partial charge < -0.3 is 20.7 Å². The Morgan fingerprint density at radius 2 is 1.47 bits per heavy atom. The number of carbonyl (C=O) groups excluding carboxylic acids is 1. The summed E-state index contributed by atoms with van der Waals surface area (Å²) < 4.78 is 4.25. The molecule has 0 radical (unpaired) electrons. The molecular formula is C9H23N3O2S. The molecule has 0 aliphatic heterocycles. The topological polar surface area (TPSA) is 62.4 Å². The second-order valence-corrected chi connectivity index (χ2v) is 2.67. The number of carbonyl (C=O) groups is 1. The van der Waals surface area contributed by atoms with E-state index in [-0.39, 0.29) is 5.91 Å². The third-order valence-electron chi connectivity index (χ3n) is 1.05. The van der Waals surface area contributed by atoms with Crippen LogP contribution in [-0.2, 0) is 9.53 Å². The second kappa shape index (κ2) is 18.8. The van der Waals surface area contributed by atoms with Gasteiger partial charge in [-0.15, -0.1) is 0 Å². The summed E-state index contributed by atoms with van der Waals surface area (Å²) in [5, 5.41) is 8.62. The van der Waals surface area contributed by atoms with Crippen molar-refractivity contribution >= 4 is 23.2 Å². The summed E-state index contributed by atoms with van der Waals surface area (Å²) in [5.41, 5.74) is 0. The van der Waals surface area contributed by atoms with Crippen molar-refractivity contribution in [2.75, 3.05) is 35.4 Å². The van der Waals surface area contributed by atoms with Crippen LogP contribution in [0.3, 0.4) is 0 Å². The molecule has 0 unspecified atom stereocenters. The molecule has 0 aromatic rings. The number of methoxy groups -OCH3 is 1. The highest BCUT2D eigenvalue weighted by Gasteiger charge is 1.84. The van der Waals surface area contributed by atoms with E-state index in [0.717, 1.165) is 0 Å². The Labute approximate surface area is 98.0 Å². The van der Waals surface area contributed by atoms with Crippen LogP contribution in [0.4, 0.5) is 0 Å². The van der Waals surface area contributed by atoms with Crippen molar-refractivity contribution in [1.29, 1.82) is 0 Å². The molecule has 0 rings (SSSR count). The van der Waals surface area contributed by atoms with Crippen molar-refractivity contribution in [1.82, 2.24) is 16.0 Å². The van der Waals surface area contributed by atoms with Crippen LogP contribution in [0.25, 0.3) is 0 Å². The van der Waals surface area contributed by atoms with Crippen molar-refractivity contribution < 1.29 is 9.53 Å². The average molecular weight is 237 g/mol. The molecule has 0 aliphatic carbocycles. The van der Waals surface area contributed by atoms with Gasteiger partial charge in [0.25, 0.3) is 0 Å². The monoisotopic (exact) mass is 237 g/mol. The fourth-order valence-electron chi connectivity index (χ4n) is 0.302. The predicted octanol–water partition coefficient (Wildman–Crippen LogP) is 0.115. The maximum atomic E-state index is 10.1. The van der Waals surface area contributed by atoms with E-state index in [1.807, 2.05) is 6.92 Å². The zero-order valence-corrected chi connectivity index (χ0v) is 11.2. The van der Waals surface area contributed by atoms with Crippen LogP contribution in [0.2, 0.25) is 0 Å². The van der Waals surface area contributed by atoms with Gasteiger partial charge in [0.05, 0.1) is 0 Å².